The van der Waals surface area contributed by atoms with E-state index in [1.54, 1.807) is 0 Å². The van der Waals surface area contributed by atoms with Crippen LogP contribution in [0, 0.1) is 0 Å². The summed E-state index contributed by atoms with van der Waals surface area (Å²) >= 11 is 18.7. The zero-order chi connectivity index (χ0) is 14.9. The van der Waals surface area contributed by atoms with Gasteiger partial charge in [0.1, 0.15) is 0 Å². The van der Waals surface area contributed by atoms with Crippen LogP contribution in [-0.4, -0.2) is 31.6 Å². The number of hydrogen-bond acceptors (Lipinski definition) is 4. The Hall–Kier alpha value is -1.15. The van der Waals surface area contributed by atoms with Crippen molar-refractivity contribution in [1.82, 2.24) is 14.8 Å². The lowest BCUT2D eigenvalue weighted by molar-refractivity contribution is -0.133. The van der Waals surface area contributed by atoms with E-state index in [1.807, 2.05) is 0 Å². The van der Waals surface area contributed by atoms with Crippen molar-refractivity contribution >= 4 is 52.5 Å². The van der Waals surface area contributed by atoms with Gasteiger partial charge in [-0.15, -0.1) is 5.10 Å². The van der Waals surface area contributed by atoms with E-state index in [2.05, 4.69) is 10.2 Å². The van der Waals surface area contributed by atoms with Gasteiger partial charge in [0.05, 0.1) is 21.5 Å². The molecule has 0 aliphatic rings. The van der Waals surface area contributed by atoms with Gasteiger partial charge in [0, 0.05) is 5.02 Å². The minimum absolute atomic E-state index is 0.142. The molecule has 2 N–H and O–H groups in total. The number of halogens is 3. The smallest absolute Gasteiger partial charge is 0.348 e. The molecule has 0 spiro atoms. The molecule has 6 nitrogen and oxygen atoms in total. The quantitative estimate of drug-likeness (QED) is 0.824. The molecule has 20 heavy (non-hydrogen) atoms. The van der Waals surface area contributed by atoms with Crippen LogP contribution in [-0.2, 0) is 4.79 Å². The van der Waals surface area contributed by atoms with Gasteiger partial charge in [-0.3, -0.25) is 4.79 Å². The van der Waals surface area contributed by atoms with E-state index in [0.29, 0.717) is 5.02 Å². The molecule has 106 valence electrons. The number of aromatic amines is 1. The minimum atomic E-state index is -1.04. The molecule has 0 bridgehead atoms. The molecule has 2 rings (SSSR count). The van der Waals surface area contributed by atoms with Crippen molar-refractivity contribution in [2.24, 2.45) is 0 Å². The molecule has 0 unspecified atom stereocenters. The monoisotopic (exact) mass is 353 g/mol. The van der Waals surface area contributed by atoms with Crippen LogP contribution in [0.3, 0.4) is 0 Å². The van der Waals surface area contributed by atoms with Crippen molar-refractivity contribution in [3.63, 3.8) is 0 Å². The average molecular weight is 355 g/mol. The fraction of sp³-hybridized carbons (Fsp3) is 0.100. The molecule has 1 aromatic carbocycles. The Labute approximate surface area is 131 Å². The summed E-state index contributed by atoms with van der Waals surface area (Å²) in [7, 11) is 0. The second-order valence-corrected chi connectivity index (χ2v) is 5.74. The molecule has 0 fully saturated rings. The van der Waals surface area contributed by atoms with E-state index >= 15 is 0 Å². The standard InChI is InChI=1S/C10H6Cl3N3O3S/c11-4-1-5(12)8(6(13)2-4)16-9(19)14-15-10(16)20-3-7(17)18/h1-2H,3H2,(H,14,19)(H,17,18). The lowest BCUT2D eigenvalue weighted by atomic mass is 10.3. The summed E-state index contributed by atoms with van der Waals surface area (Å²) in [6.45, 7) is 0. The van der Waals surface area contributed by atoms with Crippen molar-refractivity contribution in [2.45, 2.75) is 5.16 Å². The van der Waals surface area contributed by atoms with E-state index in [9.17, 15) is 9.59 Å². The highest BCUT2D eigenvalue weighted by atomic mass is 35.5. The van der Waals surface area contributed by atoms with Crippen LogP contribution in [0.15, 0.2) is 22.1 Å². The van der Waals surface area contributed by atoms with Gasteiger partial charge in [-0.25, -0.2) is 14.5 Å². The number of aromatic nitrogens is 3. The fourth-order valence-electron chi connectivity index (χ4n) is 1.45. The number of H-pyrrole nitrogens is 1. The topological polar surface area (TPSA) is 88.0 Å². The molecule has 0 aliphatic carbocycles. The number of thioether (sulfide) groups is 1. The molecular formula is C10H6Cl3N3O3S. The average Bonchev–Trinajstić information content (AvgIpc) is 2.67. The van der Waals surface area contributed by atoms with Crippen LogP contribution in [0.25, 0.3) is 5.69 Å². The number of carbonyl (C=O) groups is 1. The minimum Gasteiger partial charge on any atom is -0.481 e. The lowest BCUT2D eigenvalue weighted by Crippen LogP contribution is -2.16. The Bertz CT molecular complexity index is 705. The van der Waals surface area contributed by atoms with Gasteiger partial charge in [-0.2, -0.15) is 0 Å². The molecule has 1 heterocycles. The Morgan fingerprint density at radius 1 is 1.35 bits per heavy atom. The molecular weight excluding hydrogens is 349 g/mol. The summed E-state index contributed by atoms with van der Waals surface area (Å²) in [5.41, 5.74) is -0.381. The van der Waals surface area contributed by atoms with E-state index in [4.69, 9.17) is 39.9 Å². The Kier molecular flexibility index (Phi) is 4.64. The second-order valence-electron chi connectivity index (χ2n) is 3.55. The lowest BCUT2D eigenvalue weighted by Gasteiger charge is -2.09. The summed E-state index contributed by atoms with van der Waals surface area (Å²) in [6, 6.07) is 2.85. The van der Waals surface area contributed by atoms with E-state index in [-0.39, 0.29) is 26.6 Å². The third kappa shape index (κ3) is 3.12. The summed E-state index contributed by atoms with van der Waals surface area (Å²) in [5, 5.41) is 15.4. The zero-order valence-corrected chi connectivity index (χ0v) is 12.6. The third-order valence-corrected chi connectivity index (χ3v) is 3.89. The van der Waals surface area contributed by atoms with Crippen molar-refractivity contribution < 1.29 is 9.90 Å². The molecule has 0 aliphatic heterocycles. The molecule has 0 saturated carbocycles. The van der Waals surface area contributed by atoms with Gasteiger partial charge in [0.2, 0.25) is 0 Å². The molecule has 1 aromatic heterocycles. The highest BCUT2D eigenvalue weighted by Gasteiger charge is 2.18. The summed E-state index contributed by atoms with van der Waals surface area (Å²) in [5.74, 6) is -1.29. The molecule has 2 aromatic rings. The van der Waals surface area contributed by atoms with Crippen molar-refractivity contribution in [3.8, 4) is 5.69 Å². The first-order valence-corrected chi connectivity index (χ1v) is 7.19. The largest absolute Gasteiger partial charge is 0.481 e. The third-order valence-electron chi connectivity index (χ3n) is 2.17. The van der Waals surface area contributed by atoms with Crippen LogP contribution in [0.1, 0.15) is 0 Å². The highest BCUT2D eigenvalue weighted by Crippen LogP contribution is 2.33. The number of nitrogens with zero attached hydrogens (tertiary/aromatic N) is 2. The number of rotatable bonds is 4. The Balaban J connectivity index is 2.56. The van der Waals surface area contributed by atoms with Crippen molar-refractivity contribution in [1.29, 1.82) is 0 Å². The maximum atomic E-state index is 11.8. The number of carboxylic acids is 1. The number of aliphatic carboxylic acids is 1. The summed E-state index contributed by atoms with van der Waals surface area (Å²) < 4.78 is 1.11. The number of hydrogen-bond donors (Lipinski definition) is 2. The predicted octanol–water partition coefficient (Wildman–Crippen LogP) is 2.70. The zero-order valence-electron chi connectivity index (χ0n) is 9.56. The Morgan fingerprint density at radius 3 is 2.50 bits per heavy atom. The first-order chi connectivity index (χ1) is 9.40. The molecule has 0 atom stereocenters. The van der Waals surface area contributed by atoms with Gasteiger partial charge in [0.25, 0.3) is 0 Å². The van der Waals surface area contributed by atoms with E-state index < -0.39 is 11.7 Å². The molecule has 0 amide bonds. The normalized spacial score (nSPS) is 10.8. The first kappa shape index (κ1) is 15.2. The predicted molar refractivity (Wildman–Crippen MR) is 77.6 cm³/mol. The van der Waals surface area contributed by atoms with E-state index in [0.717, 1.165) is 16.3 Å². The second kappa shape index (κ2) is 6.09. The summed E-state index contributed by atoms with van der Waals surface area (Å²) in [6.07, 6.45) is 0. The van der Waals surface area contributed by atoms with Crippen LogP contribution in [0.4, 0.5) is 0 Å². The van der Waals surface area contributed by atoms with Crippen LogP contribution in [0.2, 0.25) is 15.1 Å². The summed E-state index contributed by atoms with van der Waals surface area (Å²) in [4.78, 5) is 22.4. The van der Waals surface area contributed by atoms with Gasteiger partial charge in [-0.05, 0) is 12.1 Å². The van der Waals surface area contributed by atoms with Gasteiger partial charge < -0.3 is 5.11 Å². The maximum Gasteiger partial charge on any atom is 0.348 e. The number of benzene rings is 1. The van der Waals surface area contributed by atoms with Crippen LogP contribution in [0.5, 0.6) is 0 Å². The van der Waals surface area contributed by atoms with E-state index in [1.165, 1.54) is 12.1 Å². The SMILES string of the molecule is O=C(O)CSc1n[nH]c(=O)n1-c1c(Cl)cc(Cl)cc1Cl. The highest BCUT2D eigenvalue weighted by molar-refractivity contribution is 7.99. The number of nitrogens with one attached hydrogen (secondary N) is 1. The van der Waals surface area contributed by atoms with Gasteiger partial charge >= 0.3 is 11.7 Å². The fourth-order valence-corrected chi connectivity index (χ4v) is 3.10. The van der Waals surface area contributed by atoms with Gasteiger partial charge in [0.15, 0.2) is 5.16 Å². The molecule has 10 heteroatoms. The van der Waals surface area contributed by atoms with Crippen LogP contribution >= 0.6 is 46.6 Å². The van der Waals surface area contributed by atoms with Crippen molar-refractivity contribution in [2.75, 3.05) is 5.75 Å². The Morgan fingerprint density at radius 2 is 1.95 bits per heavy atom. The maximum absolute atomic E-state index is 11.8. The van der Waals surface area contributed by atoms with Gasteiger partial charge in [-0.1, -0.05) is 46.6 Å². The van der Waals surface area contributed by atoms with Crippen molar-refractivity contribution in [3.05, 3.63) is 37.7 Å². The van der Waals surface area contributed by atoms with Crippen LogP contribution < -0.4 is 5.69 Å². The first-order valence-electron chi connectivity index (χ1n) is 5.07. The number of carboxylic acid groups (broad SMARTS) is 1. The molecule has 0 radical (unpaired) electrons. The molecule has 0 saturated heterocycles.